The zero-order valence-corrected chi connectivity index (χ0v) is 15.9. The van der Waals surface area contributed by atoms with Crippen LogP contribution in [0, 0.1) is 13.8 Å². The Balaban J connectivity index is 1.51. The maximum absolute atomic E-state index is 12.5. The number of nitrogens with zero attached hydrogens (tertiary/aromatic N) is 5. The fourth-order valence-corrected chi connectivity index (χ4v) is 4.04. The molecular weight excluding hydrogens is 334 g/mol. The molecule has 6 nitrogen and oxygen atoms in total. The van der Waals surface area contributed by atoms with Crippen LogP contribution in [0.25, 0.3) is 0 Å². The number of hydrogen-bond donors (Lipinski definition) is 0. The SMILES string of the molecule is CCn1c(C)nnc1SCC(=O)N1CCN(c2cccc(C)c2)CC1. The van der Waals surface area contributed by atoms with Crippen LogP contribution in [0.1, 0.15) is 18.3 Å². The van der Waals surface area contributed by atoms with Crippen LogP contribution in [0.5, 0.6) is 0 Å². The minimum Gasteiger partial charge on any atom is -0.368 e. The van der Waals surface area contributed by atoms with Gasteiger partial charge in [0.1, 0.15) is 5.82 Å². The van der Waals surface area contributed by atoms with Crippen molar-refractivity contribution in [2.75, 3.05) is 36.8 Å². The number of rotatable bonds is 5. The van der Waals surface area contributed by atoms with Crippen molar-refractivity contribution in [1.29, 1.82) is 0 Å². The van der Waals surface area contributed by atoms with Gasteiger partial charge < -0.3 is 14.4 Å². The Labute approximate surface area is 153 Å². The molecule has 1 aliphatic rings. The molecule has 0 spiro atoms. The number of carbonyl (C=O) groups is 1. The number of thioether (sulfide) groups is 1. The largest absolute Gasteiger partial charge is 0.368 e. The van der Waals surface area contributed by atoms with E-state index in [2.05, 4.69) is 53.2 Å². The maximum Gasteiger partial charge on any atom is 0.233 e. The van der Waals surface area contributed by atoms with E-state index < -0.39 is 0 Å². The second-order valence-corrected chi connectivity index (χ2v) is 7.21. The zero-order valence-electron chi connectivity index (χ0n) is 15.1. The smallest absolute Gasteiger partial charge is 0.233 e. The molecule has 0 unspecified atom stereocenters. The first-order chi connectivity index (χ1) is 12.1. The van der Waals surface area contributed by atoms with Gasteiger partial charge in [0.25, 0.3) is 0 Å². The first-order valence-corrected chi connectivity index (χ1v) is 9.69. The third-order valence-corrected chi connectivity index (χ3v) is 5.49. The topological polar surface area (TPSA) is 54.3 Å². The van der Waals surface area contributed by atoms with E-state index in [1.54, 1.807) is 0 Å². The van der Waals surface area contributed by atoms with Crippen molar-refractivity contribution in [3.63, 3.8) is 0 Å². The van der Waals surface area contributed by atoms with Gasteiger partial charge in [-0.1, -0.05) is 23.9 Å². The number of aryl methyl sites for hydroxylation is 2. The lowest BCUT2D eigenvalue weighted by molar-refractivity contribution is -0.128. The summed E-state index contributed by atoms with van der Waals surface area (Å²) in [4.78, 5) is 16.8. The van der Waals surface area contributed by atoms with Crippen LogP contribution in [-0.4, -0.2) is 57.5 Å². The van der Waals surface area contributed by atoms with Gasteiger partial charge in [-0.3, -0.25) is 4.79 Å². The highest BCUT2D eigenvalue weighted by atomic mass is 32.2. The van der Waals surface area contributed by atoms with Gasteiger partial charge in [-0.25, -0.2) is 0 Å². The first kappa shape index (κ1) is 17.8. The molecule has 25 heavy (non-hydrogen) atoms. The summed E-state index contributed by atoms with van der Waals surface area (Å²) in [6.07, 6.45) is 0. The van der Waals surface area contributed by atoms with Gasteiger partial charge in [0, 0.05) is 38.4 Å². The third-order valence-electron chi connectivity index (χ3n) is 4.54. The second kappa shape index (κ2) is 7.91. The number of amides is 1. The predicted molar refractivity (Wildman–Crippen MR) is 101 cm³/mol. The standard InChI is InChI=1S/C18H25N5OS/c1-4-23-15(3)19-20-18(23)25-13-17(24)22-10-8-21(9-11-22)16-7-5-6-14(2)12-16/h5-7,12H,4,8-11,13H2,1-3H3. The van der Waals surface area contributed by atoms with Crippen LogP contribution >= 0.6 is 11.8 Å². The maximum atomic E-state index is 12.5. The van der Waals surface area contributed by atoms with Crippen LogP contribution in [0.2, 0.25) is 0 Å². The highest BCUT2D eigenvalue weighted by Gasteiger charge is 2.22. The first-order valence-electron chi connectivity index (χ1n) is 8.70. The van der Waals surface area contributed by atoms with Crippen LogP contribution < -0.4 is 4.90 Å². The minimum absolute atomic E-state index is 0.178. The Morgan fingerprint density at radius 2 is 1.92 bits per heavy atom. The summed E-state index contributed by atoms with van der Waals surface area (Å²) in [5.74, 6) is 1.49. The molecule has 1 amide bonds. The van der Waals surface area contributed by atoms with Gasteiger partial charge in [-0.2, -0.15) is 0 Å². The molecule has 0 saturated carbocycles. The van der Waals surface area contributed by atoms with Gasteiger partial charge >= 0.3 is 0 Å². The number of anilines is 1. The Morgan fingerprint density at radius 3 is 2.60 bits per heavy atom. The number of benzene rings is 1. The van der Waals surface area contributed by atoms with Crippen molar-refractivity contribution in [3.8, 4) is 0 Å². The fourth-order valence-electron chi connectivity index (χ4n) is 3.09. The van der Waals surface area contributed by atoms with Gasteiger partial charge in [-0.05, 0) is 38.5 Å². The summed E-state index contributed by atoms with van der Waals surface area (Å²) < 4.78 is 2.04. The summed E-state index contributed by atoms with van der Waals surface area (Å²) in [7, 11) is 0. The lowest BCUT2D eigenvalue weighted by Crippen LogP contribution is -2.49. The summed E-state index contributed by atoms with van der Waals surface area (Å²) in [5, 5.41) is 9.08. The van der Waals surface area contributed by atoms with E-state index >= 15 is 0 Å². The lowest BCUT2D eigenvalue weighted by Gasteiger charge is -2.36. The van der Waals surface area contributed by atoms with E-state index in [0.717, 1.165) is 43.7 Å². The molecule has 134 valence electrons. The van der Waals surface area contributed by atoms with Crippen molar-refractivity contribution in [3.05, 3.63) is 35.7 Å². The van der Waals surface area contributed by atoms with Gasteiger partial charge in [-0.15, -0.1) is 10.2 Å². The highest BCUT2D eigenvalue weighted by Crippen LogP contribution is 2.20. The number of hydrogen-bond acceptors (Lipinski definition) is 5. The van der Waals surface area contributed by atoms with E-state index in [1.165, 1.54) is 23.0 Å². The zero-order chi connectivity index (χ0) is 17.8. The van der Waals surface area contributed by atoms with Crippen molar-refractivity contribution >= 4 is 23.4 Å². The molecule has 2 heterocycles. The molecule has 0 aliphatic carbocycles. The molecule has 0 N–H and O–H groups in total. The number of piperazine rings is 1. The molecule has 1 aromatic carbocycles. The van der Waals surface area contributed by atoms with E-state index in [1.807, 2.05) is 16.4 Å². The number of carbonyl (C=O) groups excluding carboxylic acids is 1. The molecule has 0 atom stereocenters. The van der Waals surface area contributed by atoms with Crippen molar-refractivity contribution in [1.82, 2.24) is 19.7 Å². The Kier molecular flexibility index (Phi) is 5.63. The molecule has 2 aromatic rings. The van der Waals surface area contributed by atoms with Crippen molar-refractivity contribution in [2.45, 2.75) is 32.5 Å². The van der Waals surface area contributed by atoms with Crippen LogP contribution in [0.4, 0.5) is 5.69 Å². The average molecular weight is 359 g/mol. The Bertz CT molecular complexity index is 737. The van der Waals surface area contributed by atoms with Gasteiger partial charge in [0.05, 0.1) is 5.75 Å². The molecule has 0 bridgehead atoms. The molecule has 1 fully saturated rings. The molecule has 1 aliphatic heterocycles. The lowest BCUT2D eigenvalue weighted by atomic mass is 10.2. The number of aromatic nitrogens is 3. The summed E-state index contributed by atoms with van der Waals surface area (Å²) >= 11 is 1.48. The molecule has 7 heteroatoms. The third kappa shape index (κ3) is 4.15. The summed E-state index contributed by atoms with van der Waals surface area (Å²) in [6.45, 7) is 10.2. The van der Waals surface area contributed by atoms with Crippen molar-refractivity contribution in [2.24, 2.45) is 0 Å². The molecular formula is C18H25N5OS. The van der Waals surface area contributed by atoms with Crippen LogP contribution in [-0.2, 0) is 11.3 Å². The summed E-state index contributed by atoms with van der Waals surface area (Å²) in [5.41, 5.74) is 2.51. The Hall–Kier alpha value is -2.02. The fraction of sp³-hybridized carbons (Fsp3) is 0.500. The van der Waals surface area contributed by atoms with E-state index in [0.29, 0.717) is 5.75 Å². The quantitative estimate of drug-likeness (QED) is 0.767. The second-order valence-electron chi connectivity index (χ2n) is 6.27. The average Bonchev–Trinajstić information content (AvgIpc) is 2.99. The van der Waals surface area contributed by atoms with Crippen molar-refractivity contribution < 1.29 is 4.79 Å². The molecule has 1 aromatic heterocycles. The van der Waals surface area contributed by atoms with Gasteiger partial charge in [0.15, 0.2) is 5.16 Å². The minimum atomic E-state index is 0.178. The molecule has 0 radical (unpaired) electrons. The van der Waals surface area contributed by atoms with Crippen LogP contribution in [0.15, 0.2) is 29.4 Å². The summed E-state index contributed by atoms with van der Waals surface area (Å²) in [6, 6.07) is 8.54. The van der Waals surface area contributed by atoms with E-state index in [4.69, 9.17) is 0 Å². The van der Waals surface area contributed by atoms with Crippen LogP contribution in [0.3, 0.4) is 0 Å². The Morgan fingerprint density at radius 1 is 1.16 bits per heavy atom. The highest BCUT2D eigenvalue weighted by molar-refractivity contribution is 7.99. The normalized spacial score (nSPS) is 14.8. The molecule has 3 rings (SSSR count). The monoisotopic (exact) mass is 359 g/mol. The molecule has 1 saturated heterocycles. The van der Waals surface area contributed by atoms with Gasteiger partial charge in [0.2, 0.25) is 5.91 Å². The van der Waals surface area contributed by atoms with E-state index in [-0.39, 0.29) is 5.91 Å². The van der Waals surface area contributed by atoms with E-state index in [9.17, 15) is 4.79 Å². The predicted octanol–water partition coefficient (Wildman–Crippen LogP) is 2.36.